The summed E-state index contributed by atoms with van der Waals surface area (Å²) in [5, 5.41) is 1.16. The molecule has 0 amide bonds. The molecule has 3 saturated carbocycles. The van der Waals surface area contributed by atoms with Crippen molar-refractivity contribution in [1.29, 1.82) is 0 Å². The monoisotopic (exact) mass is 305 g/mol. The maximum Gasteiger partial charge on any atom is 0.272 e. The van der Waals surface area contributed by atoms with Crippen LogP contribution in [0.3, 0.4) is 0 Å². The van der Waals surface area contributed by atoms with Crippen LogP contribution >= 0.6 is 0 Å². The van der Waals surface area contributed by atoms with E-state index in [-0.39, 0.29) is 11.1 Å². The molecule has 3 fully saturated rings. The lowest BCUT2D eigenvalue weighted by atomic mass is 9.49. The predicted molar refractivity (Wildman–Crippen MR) is 79.8 cm³/mol. The smallest absolute Gasteiger partial charge is 0.272 e. The summed E-state index contributed by atoms with van der Waals surface area (Å²) < 4.78 is 32.0. The maximum absolute atomic E-state index is 12.8. The summed E-state index contributed by atoms with van der Waals surface area (Å²) in [5.41, 5.74) is 0.837. The van der Waals surface area contributed by atoms with Crippen LogP contribution in [0.15, 0.2) is 29.2 Å². The van der Waals surface area contributed by atoms with E-state index in [0.29, 0.717) is 16.5 Å². The largest absolute Gasteiger partial charge is 0.485 e. The summed E-state index contributed by atoms with van der Waals surface area (Å²) in [6, 6.07) is 5.45. The quantitative estimate of drug-likeness (QED) is 0.866. The van der Waals surface area contributed by atoms with E-state index in [4.69, 9.17) is 4.74 Å². The molecule has 3 aliphatic rings. The molecule has 0 saturated heterocycles. The van der Waals surface area contributed by atoms with Gasteiger partial charge in [-0.3, -0.25) is 4.79 Å². The molecule has 1 aromatic heterocycles. The minimum absolute atomic E-state index is 0.0405. The number of halogens is 2. The number of ether oxygens (including phenoxy) is 1. The summed E-state index contributed by atoms with van der Waals surface area (Å²) >= 11 is 0. The molecule has 0 atom stereocenters. The number of benzene rings is 1. The summed E-state index contributed by atoms with van der Waals surface area (Å²) in [7, 11) is 0. The van der Waals surface area contributed by atoms with Gasteiger partial charge in [-0.05, 0) is 38.2 Å². The first kappa shape index (κ1) is 13.7. The molecule has 0 radical (unpaired) electrons. The summed E-state index contributed by atoms with van der Waals surface area (Å²) in [5.74, 6) is 1.10. The van der Waals surface area contributed by atoms with Crippen molar-refractivity contribution in [3.05, 3.63) is 40.3 Å². The van der Waals surface area contributed by atoms with Crippen LogP contribution in [0.1, 0.15) is 24.8 Å². The van der Waals surface area contributed by atoms with Crippen molar-refractivity contribution < 1.29 is 13.5 Å². The van der Waals surface area contributed by atoms with Crippen LogP contribution in [0.4, 0.5) is 8.78 Å². The molecular weight excluding hydrogens is 288 g/mol. The average Bonchev–Trinajstić information content (AvgIpc) is 2.37. The van der Waals surface area contributed by atoms with Gasteiger partial charge >= 0.3 is 0 Å². The lowest BCUT2D eigenvalue weighted by Gasteiger charge is -2.62. The molecule has 0 N–H and O–H groups in total. The molecule has 5 rings (SSSR count). The number of fused-ring (bicyclic) bond motifs is 1. The Hall–Kier alpha value is -1.91. The van der Waals surface area contributed by atoms with E-state index < -0.39 is 13.0 Å². The van der Waals surface area contributed by atoms with Crippen molar-refractivity contribution >= 4 is 10.8 Å². The van der Waals surface area contributed by atoms with Gasteiger partial charge < -0.3 is 9.30 Å². The van der Waals surface area contributed by atoms with Crippen molar-refractivity contribution in [2.75, 3.05) is 6.61 Å². The van der Waals surface area contributed by atoms with Gasteiger partial charge in [0.25, 0.3) is 12.0 Å². The Morgan fingerprint density at radius 1 is 1.32 bits per heavy atom. The van der Waals surface area contributed by atoms with Gasteiger partial charge in [0.05, 0.1) is 11.6 Å². The van der Waals surface area contributed by atoms with Gasteiger partial charge in [0.2, 0.25) is 0 Å². The zero-order valence-electron chi connectivity index (χ0n) is 12.3. The Morgan fingerprint density at radius 3 is 2.64 bits per heavy atom. The minimum atomic E-state index is -2.53. The normalized spacial score (nSPS) is 25.9. The Morgan fingerprint density at radius 2 is 2.05 bits per heavy atom. The summed E-state index contributed by atoms with van der Waals surface area (Å²) in [6.07, 6.45) is 2.14. The highest BCUT2D eigenvalue weighted by atomic mass is 19.3. The third-order valence-electron chi connectivity index (χ3n) is 5.02. The highest BCUT2D eigenvalue weighted by molar-refractivity contribution is 5.88. The van der Waals surface area contributed by atoms with Crippen LogP contribution in [0.25, 0.3) is 10.8 Å². The van der Waals surface area contributed by atoms with E-state index >= 15 is 0 Å². The second kappa shape index (κ2) is 4.54. The first-order valence-corrected chi connectivity index (χ1v) is 7.56. The zero-order valence-corrected chi connectivity index (χ0v) is 12.3. The second-order valence-corrected chi connectivity index (χ2v) is 6.62. The van der Waals surface area contributed by atoms with Gasteiger partial charge in [0.1, 0.15) is 12.4 Å². The standard InChI is InChI=1S/C17H17F2NO2/c1-10-2-3-12-13(4-10)16(21)20(17-5-11(6-17)7-17)8-14(12)22-9-15(18)19/h2-4,8,11,15H,5-7,9H2,1H3. The van der Waals surface area contributed by atoms with E-state index in [0.717, 1.165) is 30.7 Å². The Bertz CT molecular complexity index is 795. The number of nitrogens with zero attached hydrogens (tertiary/aromatic N) is 1. The van der Waals surface area contributed by atoms with Crippen molar-refractivity contribution in [3.63, 3.8) is 0 Å². The van der Waals surface area contributed by atoms with Crippen molar-refractivity contribution in [2.45, 2.75) is 38.2 Å². The van der Waals surface area contributed by atoms with Gasteiger partial charge in [-0.15, -0.1) is 0 Å². The molecule has 0 spiro atoms. The molecule has 2 aromatic rings. The van der Waals surface area contributed by atoms with Gasteiger partial charge in [-0.1, -0.05) is 17.7 Å². The van der Waals surface area contributed by atoms with Crippen molar-refractivity contribution in [2.24, 2.45) is 5.92 Å². The molecule has 2 bridgehead atoms. The van der Waals surface area contributed by atoms with E-state index in [9.17, 15) is 13.6 Å². The van der Waals surface area contributed by atoms with Crippen LogP contribution in [-0.4, -0.2) is 17.6 Å². The minimum Gasteiger partial charge on any atom is -0.485 e. The number of aryl methyl sites for hydroxylation is 1. The molecule has 3 aliphatic carbocycles. The van der Waals surface area contributed by atoms with Crippen molar-refractivity contribution in [1.82, 2.24) is 4.57 Å². The molecule has 116 valence electrons. The lowest BCUT2D eigenvalue weighted by molar-refractivity contribution is -0.0914. The Balaban J connectivity index is 1.89. The highest BCUT2D eigenvalue weighted by Gasteiger charge is 2.58. The van der Waals surface area contributed by atoms with Crippen LogP contribution in [0.2, 0.25) is 0 Å². The third-order valence-corrected chi connectivity index (χ3v) is 5.02. The van der Waals surface area contributed by atoms with E-state index in [1.54, 1.807) is 16.8 Å². The highest BCUT2D eigenvalue weighted by Crippen LogP contribution is 2.62. The SMILES string of the molecule is Cc1ccc2c(OCC(F)F)cn(C34CC(C3)C4)c(=O)c2c1. The van der Waals surface area contributed by atoms with Gasteiger partial charge in [0, 0.05) is 10.9 Å². The zero-order chi connectivity index (χ0) is 15.5. The van der Waals surface area contributed by atoms with Crippen LogP contribution < -0.4 is 10.3 Å². The van der Waals surface area contributed by atoms with Gasteiger partial charge in [-0.25, -0.2) is 8.78 Å². The van der Waals surface area contributed by atoms with E-state index in [1.165, 1.54) is 0 Å². The number of hydrogen-bond donors (Lipinski definition) is 0. The molecular formula is C17H17F2NO2. The molecule has 5 heteroatoms. The lowest BCUT2D eigenvalue weighted by Crippen LogP contribution is -2.61. The van der Waals surface area contributed by atoms with Crippen LogP contribution in [-0.2, 0) is 5.54 Å². The molecule has 3 nitrogen and oxygen atoms in total. The Kier molecular flexibility index (Phi) is 2.83. The van der Waals surface area contributed by atoms with E-state index in [1.807, 2.05) is 19.1 Å². The number of alkyl halides is 2. The molecule has 1 heterocycles. The molecule has 1 aromatic carbocycles. The first-order valence-electron chi connectivity index (χ1n) is 7.56. The number of pyridine rings is 1. The fraction of sp³-hybridized carbons (Fsp3) is 0.471. The molecule has 22 heavy (non-hydrogen) atoms. The van der Waals surface area contributed by atoms with Gasteiger partial charge in [0.15, 0.2) is 0 Å². The Labute approximate surface area is 126 Å². The second-order valence-electron chi connectivity index (χ2n) is 6.62. The number of rotatable bonds is 4. The van der Waals surface area contributed by atoms with Crippen LogP contribution in [0.5, 0.6) is 5.75 Å². The summed E-state index contributed by atoms with van der Waals surface area (Å²) in [4.78, 5) is 12.8. The third kappa shape index (κ3) is 1.87. The fourth-order valence-electron chi connectivity index (χ4n) is 3.77. The molecule has 0 aliphatic heterocycles. The number of hydrogen-bond acceptors (Lipinski definition) is 2. The average molecular weight is 305 g/mol. The van der Waals surface area contributed by atoms with Crippen molar-refractivity contribution in [3.8, 4) is 5.75 Å². The summed E-state index contributed by atoms with van der Waals surface area (Å²) in [6.45, 7) is 1.26. The first-order chi connectivity index (χ1) is 10.5. The number of aromatic nitrogens is 1. The fourth-order valence-corrected chi connectivity index (χ4v) is 3.77. The maximum atomic E-state index is 12.8. The topological polar surface area (TPSA) is 31.2 Å². The van der Waals surface area contributed by atoms with Gasteiger partial charge in [-0.2, -0.15) is 0 Å². The predicted octanol–water partition coefficient (Wildman–Crippen LogP) is 3.46. The van der Waals surface area contributed by atoms with E-state index in [2.05, 4.69) is 0 Å². The molecule has 0 unspecified atom stereocenters. The van der Waals surface area contributed by atoms with Crippen LogP contribution in [0, 0.1) is 12.8 Å².